The number of aromatic nitrogens is 2. The van der Waals surface area contributed by atoms with Crippen LogP contribution in [0.15, 0.2) is 41.2 Å². The Kier molecular flexibility index (Phi) is 5.80. The molecule has 0 bridgehead atoms. The summed E-state index contributed by atoms with van der Waals surface area (Å²) in [7, 11) is 0. The van der Waals surface area contributed by atoms with Crippen LogP contribution >= 0.6 is 11.3 Å². The van der Waals surface area contributed by atoms with Gasteiger partial charge in [-0.05, 0) is 45.0 Å². The zero-order valence-electron chi connectivity index (χ0n) is 18.6. The number of Topliss-reactive ketones (excluding diaryl/α,β-unsaturated/α-hetero) is 1. The Morgan fingerprint density at radius 2 is 2.03 bits per heavy atom. The highest BCUT2D eigenvalue weighted by Crippen LogP contribution is 2.33. The zero-order valence-corrected chi connectivity index (χ0v) is 19.5. The molecule has 0 saturated carbocycles. The fraction of sp³-hybridized carbons (Fsp3) is 0.360. The van der Waals surface area contributed by atoms with Gasteiger partial charge in [-0.3, -0.25) is 4.79 Å². The van der Waals surface area contributed by atoms with E-state index in [1.165, 1.54) is 19.1 Å². The van der Waals surface area contributed by atoms with Crippen molar-refractivity contribution in [3.8, 4) is 0 Å². The molecule has 1 aliphatic rings. The minimum absolute atomic E-state index is 0.0509. The van der Waals surface area contributed by atoms with E-state index in [9.17, 15) is 14.0 Å². The lowest BCUT2D eigenvalue weighted by Crippen LogP contribution is -2.39. The summed E-state index contributed by atoms with van der Waals surface area (Å²) in [6, 6.07) is 6.43. The molecule has 1 fully saturated rings. The second-order valence-corrected chi connectivity index (χ2v) is 9.94. The average Bonchev–Trinajstić information content (AvgIpc) is 3.36. The zero-order chi connectivity index (χ0) is 23.1. The molecule has 0 unspecified atom stereocenters. The van der Waals surface area contributed by atoms with Gasteiger partial charge in [-0.15, -0.1) is 15.9 Å². The van der Waals surface area contributed by atoms with Gasteiger partial charge in [0.1, 0.15) is 5.82 Å². The molecule has 0 N–H and O–H groups in total. The number of piperidine rings is 1. The number of hydrogen-bond acceptors (Lipinski definition) is 6. The average molecular weight is 467 g/mol. The summed E-state index contributed by atoms with van der Waals surface area (Å²) < 4.78 is 21.2. The van der Waals surface area contributed by atoms with E-state index in [1.807, 2.05) is 13.0 Å². The normalized spacial score (nSPS) is 15.5. The molecular weight excluding hydrogens is 441 g/mol. The number of benzene rings is 1. The van der Waals surface area contributed by atoms with Gasteiger partial charge in [0, 0.05) is 52.2 Å². The monoisotopic (exact) mass is 466 g/mol. The summed E-state index contributed by atoms with van der Waals surface area (Å²) in [6.45, 7) is 5.97. The SMILES string of the molecule is CC(=O)[n+]1ccc2c(C(=O)CCN3CCC(c4noc5cc(F)ccc45)CC3)c(C)sc2c1. The molecule has 33 heavy (non-hydrogen) atoms. The lowest BCUT2D eigenvalue weighted by Gasteiger charge is -2.30. The molecule has 1 aromatic carbocycles. The maximum Gasteiger partial charge on any atom is 0.389 e. The Hall–Kier alpha value is -2.97. The van der Waals surface area contributed by atoms with Crippen LogP contribution in [0.1, 0.15) is 57.8 Å². The first-order valence-electron chi connectivity index (χ1n) is 11.2. The van der Waals surface area contributed by atoms with E-state index in [-0.39, 0.29) is 23.4 Å². The lowest BCUT2D eigenvalue weighted by molar-refractivity contribution is -0.571. The van der Waals surface area contributed by atoms with Crippen LogP contribution in [0.25, 0.3) is 21.1 Å². The number of pyridine rings is 1. The molecule has 6 nitrogen and oxygen atoms in total. The number of nitrogens with zero attached hydrogens (tertiary/aromatic N) is 3. The molecule has 0 radical (unpaired) electrons. The van der Waals surface area contributed by atoms with Gasteiger partial charge < -0.3 is 9.42 Å². The minimum atomic E-state index is -0.323. The van der Waals surface area contributed by atoms with E-state index >= 15 is 0 Å². The maximum atomic E-state index is 13.4. The van der Waals surface area contributed by atoms with E-state index in [4.69, 9.17) is 4.52 Å². The van der Waals surface area contributed by atoms with E-state index < -0.39 is 0 Å². The molecule has 5 rings (SSSR count). The van der Waals surface area contributed by atoms with Gasteiger partial charge in [0.2, 0.25) is 0 Å². The highest BCUT2D eigenvalue weighted by atomic mass is 32.1. The number of hydrogen-bond donors (Lipinski definition) is 0. The predicted octanol–water partition coefficient (Wildman–Crippen LogP) is 4.89. The molecule has 0 aliphatic carbocycles. The second kappa shape index (κ2) is 8.76. The van der Waals surface area contributed by atoms with Gasteiger partial charge in [0.15, 0.2) is 23.8 Å². The number of thiophene rings is 1. The van der Waals surface area contributed by atoms with Crippen LogP contribution in [-0.4, -0.2) is 41.4 Å². The van der Waals surface area contributed by atoms with Gasteiger partial charge >= 0.3 is 5.91 Å². The summed E-state index contributed by atoms with van der Waals surface area (Å²) in [5, 5.41) is 6.02. The Balaban J connectivity index is 1.22. The van der Waals surface area contributed by atoms with Crippen molar-refractivity contribution < 1.29 is 23.1 Å². The summed E-state index contributed by atoms with van der Waals surface area (Å²) in [5.74, 6) is 0.0482. The van der Waals surface area contributed by atoms with Gasteiger partial charge in [-0.25, -0.2) is 9.18 Å². The van der Waals surface area contributed by atoms with Crippen LogP contribution in [-0.2, 0) is 0 Å². The maximum absolute atomic E-state index is 13.4. The Morgan fingerprint density at radius 3 is 2.79 bits per heavy atom. The number of aryl methyl sites for hydroxylation is 1. The van der Waals surface area contributed by atoms with Crippen molar-refractivity contribution >= 4 is 44.1 Å². The third-order valence-electron chi connectivity index (χ3n) is 6.54. The molecule has 0 atom stereocenters. The van der Waals surface area contributed by atoms with Crippen LogP contribution in [0, 0.1) is 12.7 Å². The number of rotatable bonds is 5. The number of halogens is 1. The predicted molar refractivity (Wildman–Crippen MR) is 124 cm³/mol. The summed E-state index contributed by atoms with van der Waals surface area (Å²) in [5.41, 5.74) is 2.18. The van der Waals surface area contributed by atoms with Crippen LogP contribution in [0.5, 0.6) is 0 Å². The highest BCUT2D eigenvalue weighted by Gasteiger charge is 2.26. The van der Waals surface area contributed by atoms with Crippen molar-refractivity contribution in [2.75, 3.05) is 19.6 Å². The van der Waals surface area contributed by atoms with Crippen molar-refractivity contribution in [3.05, 3.63) is 58.6 Å². The first-order chi connectivity index (χ1) is 15.9. The first-order valence-corrected chi connectivity index (χ1v) is 12.0. The molecule has 8 heteroatoms. The Morgan fingerprint density at radius 1 is 1.24 bits per heavy atom. The molecule has 170 valence electrons. The van der Waals surface area contributed by atoms with Crippen LogP contribution < -0.4 is 4.57 Å². The minimum Gasteiger partial charge on any atom is -0.356 e. The van der Waals surface area contributed by atoms with E-state index in [1.54, 1.807) is 34.4 Å². The smallest absolute Gasteiger partial charge is 0.356 e. The standard InChI is InChI=1S/C25H25FN3O3S/c1-15-24(20-7-12-29(16(2)30)14-23(20)33-15)21(31)8-11-28-9-5-17(6-10-28)25-19-4-3-18(26)13-22(19)32-27-25/h3-4,7,12-14,17H,5-6,8-11H2,1-2H3/q+1. The van der Waals surface area contributed by atoms with E-state index in [0.717, 1.165) is 57.5 Å². The third kappa shape index (κ3) is 4.20. The van der Waals surface area contributed by atoms with Crippen molar-refractivity contribution in [1.82, 2.24) is 10.1 Å². The summed E-state index contributed by atoms with van der Waals surface area (Å²) in [6.07, 6.45) is 5.85. The molecule has 4 heterocycles. The number of likely N-dealkylation sites (tertiary alicyclic amines) is 1. The third-order valence-corrected chi connectivity index (χ3v) is 7.60. The topological polar surface area (TPSA) is 67.3 Å². The van der Waals surface area contributed by atoms with Crippen molar-refractivity contribution in [1.29, 1.82) is 0 Å². The highest BCUT2D eigenvalue weighted by molar-refractivity contribution is 7.19. The van der Waals surface area contributed by atoms with Crippen LogP contribution in [0.4, 0.5) is 4.39 Å². The number of carbonyl (C=O) groups excluding carboxylic acids is 2. The lowest BCUT2D eigenvalue weighted by atomic mass is 9.91. The molecule has 4 aromatic rings. The summed E-state index contributed by atoms with van der Waals surface area (Å²) in [4.78, 5) is 28.0. The molecule has 1 saturated heterocycles. The molecule has 0 amide bonds. The van der Waals surface area contributed by atoms with Crippen molar-refractivity contribution in [2.24, 2.45) is 0 Å². The molecule has 0 spiro atoms. The number of ketones is 1. The van der Waals surface area contributed by atoms with E-state index in [2.05, 4.69) is 10.1 Å². The second-order valence-electron chi connectivity index (χ2n) is 8.68. The Labute approximate surface area is 194 Å². The van der Waals surface area contributed by atoms with Gasteiger partial charge in [-0.2, -0.15) is 0 Å². The fourth-order valence-corrected chi connectivity index (χ4v) is 5.85. The fourth-order valence-electron chi connectivity index (χ4n) is 4.75. The molecule has 3 aromatic heterocycles. The quantitative estimate of drug-likeness (QED) is 0.309. The van der Waals surface area contributed by atoms with Crippen LogP contribution in [0.3, 0.4) is 0 Å². The van der Waals surface area contributed by atoms with E-state index in [0.29, 0.717) is 18.5 Å². The summed E-state index contributed by atoms with van der Waals surface area (Å²) >= 11 is 1.55. The van der Waals surface area contributed by atoms with Gasteiger partial charge in [0.25, 0.3) is 0 Å². The Bertz CT molecular complexity index is 1370. The molecule has 1 aliphatic heterocycles. The first kappa shape index (κ1) is 21.9. The number of fused-ring (bicyclic) bond motifs is 2. The largest absolute Gasteiger partial charge is 0.389 e. The van der Waals surface area contributed by atoms with Crippen molar-refractivity contribution in [2.45, 2.75) is 39.0 Å². The molecular formula is C25H25FN3O3S+. The van der Waals surface area contributed by atoms with Gasteiger partial charge in [0.05, 0.1) is 17.3 Å². The number of carbonyl (C=O) groups is 2. The van der Waals surface area contributed by atoms with Gasteiger partial charge in [-0.1, -0.05) is 5.16 Å². The van der Waals surface area contributed by atoms with Crippen molar-refractivity contribution in [3.63, 3.8) is 0 Å². The van der Waals surface area contributed by atoms with Crippen LogP contribution in [0.2, 0.25) is 0 Å².